The lowest BCUT2D eigenvalue weighted by atomic mass is 10.1. The Hall–Kier alpha value is -4.00. The Bertz CT molecular complexity index is 1100. The topological polar surface area (TPSA) is 83.4 Å². The van der Waals surface area contributed by atoms with Crippen molar-refractivity contribution in [3.05, 3.63) is 90.0 Å². The molecule has 0 aliphatic carbocycles. The number of amides is 1. The average Bonchev–Trinajstić information content (AvgIpc) is 2.83. The van der Waals surface area contributed by atoms with Crippen LogP contribution in [-0.4, -0.2) is 38.6 Å². The first kappa shape index (κ1) is 23.7. The molecular weight excluding hydrogens is 416 g/mol. The summed E-state index contributed by atoms with van der Waals surface area (Å²) >= 11 is 0. The largest absolute Gasteiger partial charge is 0.464 e. The molecule has 0 bridgehead atoms. The van der Waals surface area contributed by atoms with Gasteiger partial charge in [0.1, 0.15) is 6.04 Å². The lowest BCUT2D eigenvalue weighted by Crippen LogP contribution is -2.43. The van der Waals surface area contributed by atoms with E-state index in [-0.39, 0.29) is 12.5 Å². The molecule has 0 spiro atoms. The molecule has 1 amide bonds. The van der Waals surface area contributed by atoms with E-state index in [1.807, 2.05) is 73.6 Å². The van der Waals surface area contributed by atoms with E-state index in [1.165, 1.54) is 0 Å². The Kier molecular flexibility index (Phi) is 8.30. The number of esters is 1. The molecule has 0 aliphatic heterocycles. The Morgan fingerprint density at radius 2 is 1.61 bits per heavy atom. The number of carbonyl (C=O) groups excluding carboxylic acids is 2. The van der Waals surface area contributed by atoms with Gasteiger partial charge in [0.05, 0.1) is 18.0 Å². The van der Waals surface area contributed by atoms with Crippen LogP contribution in [0.4, 0.5) is 17.1 Å². The van der Waals surface area contributed by atoms with E-state index in [0.29, 0.717) is 23.4 Å². The molecule has 1 atom stereocenters. The molecule has 3 aromatic rings. The molecule has 33 heavy (non-hydrogen) atoms. The van der Waals surface area contributed by atoms with Gasteiger partial charge in [-0.25, -0.2) is 4.79 Å². The number of azo groups is 1. The summed E-state index contributed by atoms with van der Waals surface area (Å²) in [4.78, 5) is 27.3. The summed E-state index contributed by atoms with van der Waals surface area (Å²) < 4.78 is 5.16. The second-order valence-corrected chi connectivity index (χ2v) is 7.63. The average molecular weight is 445 g/mol. The first-order chi connectivity index (χ1) is 16.0. The molecule has 0 radical (unpaired) electrons. The SMILES string of the molecule is CCOC(=O)[C@H](Cc1ccccc1)NC(=O)c1cccc(N=Nc2ccc(N(C)C)cc2)c1. The highest BCUT2D eigenvalue weighted by Crippen LogP contribution is 2.22. The maximum absolute atomic E-state index is 12.9. The van der Waals surface area contributed by atoms with Crippen LogP contribution in [-0.2, 0) is 16.0 Å². The van der Waals surface area contributed by atoms with Crippen molar-refractivity contribution in [3.8, 4) is 0 Å². The molecule has 0 unspecified atom stereocenters. The fraction of sp³-hybridized carbons (Fsp3) is 0.231. The van der Waals surface area contributed by atoms with Crippen LogP contribution in [0.5, 0.6) is 0 Å². The van der Waals surface area contributed by atoms with Crippen molar-refractivity contribution in [2.45, 2.75) is 19.4 Å². The number of nitrogens with zero attached hydrogens (tertiary/aromatic N) is 3. The second-order valence-electron chi connectivity index (χ2n) is 7.63. The zero-order chi connectivity index (χ0) is 23.6. The number of ether oxygens (including phenoxy) is 1. The van der Waals surface area contributed by atoms with Gasteiger partial charge in [0.15, 0.2) is 0 Å². The molecule has 170 valence electrons. The summed E-state index contributed by atoms with van der Waals surface area (Å²) in [6.07, 6.45) is 0.341. The number of benzene rings is 3. The van der Waals surface area contributed by atoms with Gasteiger partial charge in [-0.05, 0) is 55.0 Å². The van der Waals surface area contributed by atoms with Crippen LogP contribution in [0.3, 0.4) is 0 Å². The highest BCUT2D eigenvalue weighted by molar-refractivity contribution is 5.97. The van der Waals surface area contributed by atoms with Crippen LogP contribution in [0.2, 0.25) is 0 Å². The van der Waals surface area contributed by atoms with Crippen LogP contribution in [0, 0.1) is 0 Å². The van der Waals surface area contributed by atoms with Crippen molar-refractivity contribution >= 4 is 28.9 Å². The van der Waals surface area contributed by atoms with Crippen LogP contribution in [0.25, 0.3) is 0 Å². The van der Waals surface area contributed by atoms with Gasteiger partial charge in [-0.2, -0.15) is 10.2 Å². The molecule has 0 saturated carbocycles. The Balaban J connectivity index is 1.71. The molecule has 0 heterocycles. The maximum Gasteiger partial charge on any atom is 0.328 e. The van der Waals surface area contributed by atoms with E-state index in [4.69, 9.17) is 4.74 Å². The minimum Gasteiger partial charge on any atom is -0.464 e. The number of hydrogen-bond acceptors (Lipinski definition) is 6. The van der Waals surface area contributed by atoms with Gasteiger partial charge in [-0.3, -0.25) is 4.79 Å². The quantitative estimate of drug-likeness (QED) is 0.369. The van der Waals surface area contributed by atoms with E-state index < -0.39 is 12.0 Å². The third-order valence-electron chi connectivity index (χ3n) is 4.91. The summed E-state index contributed by atoms with van der Waals surface area (Å²) in [6.45, 7) is 1.98. The molecule has 3 aromatic carbocycles. The van der Waals surface area contributed by atoms with Gasteiger partial charge in [0.25, 0.3) is 5.91 Å². The van der Waals surface area contributed by atoms with Gasteiger partial charge >= 0.3 is 5.97 Å². The monoisotopic (exact) mass is 444 g/mol. The Morgan fingerprint density at radius 1 is 0.909 bits per heavy atom. The third kappa shape index (κ3) is 7.00. The van der Waals surface area contributed by atoms with Crippen molar-refractivity contribution in [1.82, 2.24) is 5.32 Å². The molecule has 0 saturated heterocycles. The highest BCUT2D eigenvalue weighted by Gasteiger charge is 2.23. The molecule has 3 rings (SSSR count). The molecule has 7 heteroatoms. The van der Waals surface area contributed by atoms with Crippen LogP contribution in [0.1, 0.15) is 22.8 Å². The van der Waals surface area contributed by atoms with Crippen LogP contribution < -0.4 is 10.2 Å². The van der Waals surface area contributed by atoms with Crippen LogP contribution >= 0.6 is 0 Å². The number of nitrogens with one attached hydrogen (secondary N) is 1. The van der Waals surface area contributed by atoms with E-state index in [2.05, 4.69) is 15.5 Å². The predicted octanol–water partition coefficient (Wildman–Crippen LogP) is 5.07. The van der Waals surface area contributed by atoms with E-state index >= 15 is 0 Å². The molecule has 0 aliphatic rings. The molecule has 0 fully saturated rings. The van der Waals surface area contributed by atoms with E-state index in [0.717, 1.165) is 11.3 Å². The second kappa shape index (κ2) is 11.6. The van der Waals surface area contributed by atoms with Crippen molar-refractivity contribution in [2.75, 3.05) is 25.6 Å². The fourth-order valence-corrected chi connectivity index (χ4v) is 3.17. The Morgan fingerprint density at radius 3 is 2.27 bits per heavy atom. The number of hydrogen-bond donors (Lipinski definition) is 1. The molecule has 1 N–H and O–H groups in total. The summed E-state index contributed by atoms with van der Waals surface area (Å²) in [6, 6.07) is 23.2. The van der Waals surface area contributed by atoms with Gasteiger partial charge in [-0.15, -0.1) is 0 Å². The van der Waals surface area contributed by atoms with Crippen molar-refractivity contribution in [1.29, 1.82) is 0 Å². The zero-order valence-corrected chi connectivity index (χ0v) is 19.1. The fourth-order valence-electron chi connectivity index (χ4n) is 3.17. The van der Waals surface area contributed by atoms with Crippen molar-refractivity contribution in [3.63, 3.8) is 0 Å². The number of anilines is 1. The van der Waals surface area contributed by atoms with Gasteiger partial charge < -0.3 is 15.0 Å². The number of carbonyl (C=O) groups is 2. The Labute approximate surface area is 194 Å². The van der Waals surface area contributed by atoms with Crippen molar-refractivity contribution in [2.24, 2.45) is 10.2 Å². The minimum atomic E-state index is -0.791. The van der Waals surface area contributed by atoms with E-state index in [9.17, 15) is 9.59 Å². The summed E-state index contributed by atoms with van der Waals surface area (Å²) in [5, 5.41) is 11.3. The highest BCUT2D eigenvalue weighted by atomic mass is 16.5. The van der Waals surface area contributed by atoms with E-state index in [1.54, 1.807) is 31.2 Å². The predicted molar refractivity (Wildman–Crippen MR) is 129 cm³/mol. The first-order valence-electron chi connectivity index (χ1n) is 10.8. The summed E-state index contributed by atoms with van der Waals surface area (Å²) in [5.74, 6) is -0.844. The summed E-state index contributed by atoms with van der Waals surface area (Å²) in [7, 11) is 3.94. The lowest BCUT2D eigenvalue weighted by Gasteiger charge is -2.17. The maximum atomic E-state index is 12.9. The standard InChI is InChI=1S/C26H28N4O3/c1-4-33-26(32)24(17-19-9-6-5-7-10-19)27-25(31)20-11-8-12-22(18-20)29-28-21-13-15-23(16-14-21)30(2)3/h5-16,18,24H,4,17H2,1-3H3,(H,27,31)/t24-/m0/s1. The zero-order valence-electron chi connectivity index (χ0n) is 19.1. The smallest absolute Gasteiger partial charge is 0.328 e. The molecule has 7 nitrogen and oxygen atoms in total. The lowest BCUT2D eigenvalue weighted by molar-refractivity contribution is -0.145. The third-order valence-corrected chi connectivity index (χ3v) is 4.91. The van der Waals surface area contributed by atoms with Gasteiger partial charge in [0.2, 0.25) is 0 Å². The minimum absolute atomic E-state index is 0.241. The van der Waals surface area contributed by atoms with Crippen LogP contribution in [0.15, 0.2) is 89.1 Å². The normalized spacial score (nSPS) is 11.7. The number of rotatable bonds is 9. The summed E-state index contributed by atoms with van der Waals surface area (Å²) in [5.41, 5.74) is 3.63. The first-order valence-corrected chi connectivity index (χ1v) is 10.8. The van der Waals surface area contributed by atoms with Gasteiger partial charge in [-0.1, -0.05) is 36.4 Å². The van der Waals surface area contributed by atoms with Crippen molar-refractivity contribution < 1.29 is 14.3 Å². The molecule has 0 aromatic heterocycles. The van der Waals surface area contributed by atoms with Gasteiger partial charge in [0, 0.05) is 31.8 Å². The molecular formula is C26H28N4O3.